The zero-order valence-electron chi connectivity index (χ0n) is 7.55. The molecule has 0 bridgehead atoms. The van der Waals surface area contributed by atoms with Gasteiger partial charge in [-0.15, -0.1) is 11.3 Å². The topological polar surface area (TPSA) is 17.8 Å². The normalized spacial score (nSPS) is 13.0. The summed E-state index contributed by atoms with van der Waals surface area (Å²) in [6, 6.07) is 4.10. The van der Waals surface area contributed by atoms with Crippen molar-refractivity contribution in [3.63, 3.8) is 0 Å². The van der Waals surface area contributed by atoms with Crippen molar-refractivity contribution in [2.75, 3.05) is 0 Å². The lowest BCUT2D eigenvalue weighted by molar-refractivity contribution is 0.597. The van der Waals surface area contributed by atoms with Gasteiger partial charge in [-0.25, -0.2) is 4.98 Å². The van der Waals surface area contributed by atoms with E-state index in [0.29, 0.717) is 5.92 Å². The van der Waals surface area contributed by atoms with E-state index >= 15 is 0 Å². The Hall–Kier alpha value is -1.09. The predicted octanol–water partition coefficient (Wildman–Crippen LogP) is 2.75. The molecule has 0 saturated heterocycles. The Labute approximate surface area is 81.9 Å². The van der Waals surface area contributed by atoms with Gasteiger partial charge in [0.05, 0.1) is 5.01 Å². The number of hydrogen-bond donors (Lipinski definition) is 0. The van der Waals surface area contributed by atoms with Crippen LogP contribution in [0.4, 0.5) is 0 Å². The molecule has 0 saturated carbocycles. The minimum atomic E-state index is 0.507. The Morgan fingerprint density at radius 2 is 2.23 bits per heavy atom. The SMILES string of the molecule is CC(Cn1cccc1)c1nccs1. The van der Waals surface area contributed by atoms with Crippen LogP contribution in [-0.2, 0) is 6.54 Å². The van der Waals surface area contributed by atoms with Crippen LogP contribution < -0.4 is 0 Å². The average molecular weight is 192 g/mol. The van der Waals surface area contributed by atoms with Crippen molar-refractivity contribution >= 4 is 11.3 Å². The molecular weight excluding hydrogens is 180 g/mol. The maximum Gasteiger partial charge on any atom is 0.0970 e. The van der Waals surface area contributed by atoms with Gasteiger partial charge in [0.25, 0.3) is 0 Å². The lowest BCUT2D eigenvalue weighted by Gasteiger charge is -2.08. The molecule has 13 heavy (non-hydrogen) atoms. The Bertz CT molecular complexity index is 337. The molecule has 0 N–H and O–H groups in total. The smallest absolute Gasteiger partial charge is 0.0970 e. The molecule has 0 radical (unpaired) electrons. The molecular formula is C10H12N2S. The molecule has 0 fully saturated rings. The third-order valence-electron chi connectivity index (χ3n) is 2.02. The van der Waals surface area contributed by atoms with Gasteiger partial charge in [0.2, 0.25) is 0 Å². The molecule has 0 amide bonds. The van der Waals surface area contributed by atoms with Crippen molar-refractivity contribution in [3.05, 3.63) is 41.1 Å². The Kier molecular flexibility index (Phi) is 2.45. The molecule has 0 spiro atoms. The van der Waals surface area contributed by atoms with E-state index in [9.17, 15) is 0 Å². The van der Waals surface area contributed by atoms with E-state index in [4.69, 9.17) is 0 Å². The highest BCUT2D eigenvalue weighted by molar-refractivity contribution is 7.09. The van der Waals surface area contributed by atoms with Crippen molar-refractivity contribution < 1.29 is 0 Å². The van der Waals surface area contributed by atoms with Gasteiger partial charge in [0.1, 0.15) is 0 Å². The molecule has 2 heterocycles. The van der Waals surface area contributed by atoms with Crippen LogP contribution in [0.15, 0.2) is 36.1 Å². The van der Waals surface area contributed by atoms with E-state index in [2.05, 4.69) is 41.0 Å². The fourth-order valence-corrected chi connectivity index (χ4v) is 2.05. The van der Waals surface area contributed by atoms with Gasteiger partial charge in [-0.05, 0) is 12.1 Å². The molecule has 1 atom stereocenters. The molecule has 0 aliphatic rings. The van der Waals surface area contributed by atoms with E-state index in [0.717, 1.165) is 6.54 Å². The lowest BCUT2D eigenvalue weighted by Crippen LogP contribution is -2.03. The molecule has 68 valence electrons. The monoisotopic (exact) mass is 192 g/mol. The average Bonchev–Trinajstić information content (AvgIpc) is 2.74. The van der Waals surface area contributed by atoms with E-state index in [1.54, 1.807) is 11.3 Å². The maximum atomic E-state index is 4.30. The van der Waals surface area contributed by atoms with Crippen LogP contribution in [0.1, 0.15) is 17.8 Å². The van der Waals surface area contributed by atoms with Crippen molar-refractivity contribution in [3.8, 4) is 0 Å². The number of nitrogens with zero attached hydrogens (tertiary/aromatic N) is 2. The van der Waals surface area contributed by atoms with Crippen LogP contribution in [0, 0.1) is 0 Å². The molecule has 2 aromatic rings. The Balaban J connectivity index is 2.04. The number of thiazole rings is 1. The van der Waals surface area contributed by atoms with Gasteiger partial charge < -0.3 is 4.57 Å². The largest absolute Gasteiger partial charge is 0.354 e. The summed E-state index contributed by atoms with van der Waals surface area (Å²) in [6.07, 6.45) is 6.04. The molecule has 0 aliphatic carbocycles. The van der Waals surface area contributed by atoms with Crippen molar-refractivity contribution in [1.29, 1.82) is 0 Å². The number of hydrogen-bond acceptors (Lipinski definition) is 2. The van der Waals surface area contributed by atoms with Crippen molar-refractivity contribution in [2.24, 2.45) is 0 Å². The van der Waals surface area contributed by atoms with E-state index < -0.39 is 0 Å². The fraction of sp³-hybridized carbons (Fsp3) is 0.300. The second-order valence-electron chi connectivity index (χ2n) is 3.15. The summed E-state index contributed by atoms with van der Waals surface area (Å²) < 4.78 is 2.19. The lowest BCUT2D eigenvalue weighted by atomic mass is 10.2. The highest BCUT2D eigenvalue weighted by atomic mass is 32.1. The zero-order valence-corrected chi connectivity index (χ0v) is 8.37. The molecule has 2 nitrogen and oxygen atoms in total. The summed E-state index contributed by atoms with van der Waals surface area (Å²) >= 11 is 1.73. The highest BCUT2D eigenvalue weighted by Crippen LogP contribution is 2.19. The minimum absolute atomic E-state index is 0.507. The molecule has 0 aromatic carbocycles. The predicted molar refractivity (Wildman–Crippen MR) is 55.0 cm³/mol. The van der Waals surface area contributed by atoms with Crippen LogP contribution in [0.25, 0.3) is 0 Å². The Morgan fingerprint density at radius 3 is 2.85 bits per heavy atom. The summed E-state index contributed by atoms with van der Waals surface area (Å²) in [5, 5.41) is 3.25. The van der Waals surface area contributed by atoms with E-state index in [1.165, 1.54) is 5.01 Å². The minimum Gasteiger partial charge on any atom is -0.354 e. The van der Waals surface area contributed by atoms with Crippen LogP contribution in [0.5, 0.6) is 0 Å². The maximum absolute atomic E-state index is 4.30. The summed E-state index contributed by atoms with van der Waals surface area (Å²) in [4.78, 5) is 4.30. The first-order chi connectivity index (χ1) is 6.36. The standard InChI is InChI=1S/C10H12N2S/c1-9(10-11-4-7-13-10)8-12-5-2-3-6-12/h2-7,9H,8H2,1H3. The third-order valence-corrected chi connectivity index (χ3v) is 3.03. The fourth-order valence-electron chi connectivity index (χ4n) is 1.36. The highest BCUT2D eigenvalue weighted by Gasteiger charge is 2.07. The first-order valence-corrected chi connectivity index (χ1v) is 5.24. The van der Waals surface area contributed by atoms with Gasteiger partial charge >= 0.3 is 0 Å². The quantitative estimate of drug-likeness (QED) is 0.731. The van der Waals surface area contributed by atoms with E-state index in [-0.39, 0.29) is 0 Å². The first-order valence-electron chi connectivity index (χ1n) is 4.36. The van der Waals surface area contributed by atoms with Crippen LogP contribution in [-0.4, -0.2) is 9.55 Å². The van der Waals surface area contributed by atoms with E-state index in [1.807, 2.05) is 11.6 Å². The molecule has 1 unspecified atom stereocenters. The number of rotatable bonds is 3. The second kappa shape index (κ2) is 3.75. The van der Waals surface area contributed by atoms with Crippen molar-refractivity contribution in [2.45, 2.75) is 19.4 Å². The van der Waals surface area contributed by atoms with Crippen LogP contribution in [0.2, 0.25) is 0 Å². The first kappa shape index (κ1) is 8.51. The van der Waals surface area contributed by atoms with Gasteiger partial charge in [-0.1, -0.05) is 6.92 Å². The molecule has 3 heteroatoms. The van der Waals surface area contributed by atoms with Gasteiger partial charge in [0.15, 0.2) is 0 Å². The summed E-state index contributed by atoms with van der Waals surface area (Å²) in [7, 11) is 0. The summed E-state index contributed by atoms with van der Waals surface area (Å²) in [5.41, 5.74) is 0. The van der Waals surface area contributed by atoms with Gasteiger partial charge in [-0.3, -0.25) is 0 Å². The van der Waals surface area contributed by atoms with Crippen LogP contribution in [0.3, 0.4) is 0 Å². The summed E-state index contributed by atoms with van der Waals surface area (Å²) in [6.45, 7) is 3.22. The second-order valence-corrected chi connectivity index (χ2v) is 4.08. The summed E-state index contributed by atoms with van der Waals surface area (Å²) in [5.74, 6) is 0.507. The number of aromatic nitrogens is 2. The van der Waals surface area contributed by atoms with Crippen molar-refractivity contribution in [1.82, 2.24) is 9.55 Å². The Morgan fingerprint density at radius 1 is 1.46 bits per heavy atom. The molecule has 2 aromatic heterocycles. The van der Waals surface area contributed by atoms with Gasteiger partial charge in [0, 0.05) is 36.4 Å². The zero-order chi connectivity index (χ0) is 9.10. The van der Waals surface area contributed by atoms with Gasteiger partial charge in [-0.2, -0.15) is 0 Å². The third kappa shape index (κ3) is 1.98. The van der Waals surface area contributed by atoms with Crippen LogP contribution >= 0.6 is 11.3 Å². The molecule has 0 aliphatic heterocycles. The molecule has 2 rings (SSSR count).